The predicted octanol–water partition coefficient (Wildman–Crippen LogP) is 3.43. The lowest BCUT2D eigenvalue weighted by Crippen LogP contribution is -2.32. The Kier molecular flexibility index (Phi) is 3.78. The van der Waals surface area contributed by atoms with Crippen LogP contribution < -0.4 is 0 Å². The topological polar surface area (TPSA) is 24.0 Å². The van der Waals surface area contributed by atoms with E-state index in [0.29, 0.717) is 10.3 Å². The average molecular weight is 281 g/mol. The van der Waals surface area contributed by atoms with E-state index >= 15 is 0 Å². The van der Waals surface area contributed by atoms with Gasteiger partial charge < -0.3 is 14.5 Å². The lowest BCUT2D eigenvalue weighted by Gasteiger charge is -2.28. The third-order valence-corrected chi connectivity index (χ3v) is 3.41. The van der Waals surface area contributed by atoms with E-state index in [0.717, 1.165) is 18.6 Å². The van der Waals surface area contributed by atoms with Crippen LogP contribution in [-0.4, -0.2) is 35.1 Å². The van der Waals surface area contributed by atoms with E-state index in [-0.39, 0.29) is 11.2 Å². The number of aromatic amines is 1. The fourth-order valence-corrected chi connectivity index (χ4v) is 2.90. The van der Waals surface area contributed by atoms with Crippen LogP contribution in [0.2, 0.25) is 0 Å². The highest BCUT2D eigenvalue weighted by Crippen LogP contribution is 2.24. The van der Waals surface area contributed by atoms with Crippen molar-refractivity contribution >= 4 is 23.3 Å². The maximum Gasteiger partial charge on any atom is 0.178 e. The number of para-hydroxylation sites is 1. The maximum absolute atomic E-state index is 13.7. The van der Waals surface area contributed by atoms with Gasteiger partial charge in [0.15, 0.2) is 4.77 Å². The smallest absolute Gasteiger partial charge is 0.178 e. The fraction of sp³-hybridized carbons (Fsp3) is 0.500. The van der Waals surface area contributed by atoms with Crippen LogP contribution in [0.25, 0.3) is 11.0 Å². The van der Waals surface area contributed by atoms with Crippen molar-refractivity contribution in [3.05, 3.63) is 28.8 Å². The molecule has 2 aromatic rings. The zero-order valence-electron chi connectivity index (χ0n) is 11.8. The number of hydrogen-bond donors (Lipinski definition) is 1. The van der Waals surface area contributed by atoms with Crippen LogP contribution >= 0.6 is 12.2 Å². The van der Waals surface area contributed by atoms with Gasteiger partial charge in [-0.3, -0.25) is 0 Å². The van der Waals surface area contributed by atoms with E-state index in [2.05, 4.69) is 37.8 Å². The molecule has 1 aromatic carbocycles. The predicted molar refractivity (Wildman–Crippen MR) is 79.4 cm³/mol. The van der Waals surface area contributed by atoms with Crippen molar-refractivity contribution in [1.29, 1.82) is 0 Å². The summed E-state index contributed by atoms with van der Waals surface area (Å²) in [6.07, 6.45) is 0. The minimum Gasteiger partial charge on any atom is -0.328 e. The van der Waals surface area contributed by atoms with Gasteiger partial charge in [-0.2, -0.15) is 0 Å². The molecule has 1 heterocycles. The Morgan fingerprint density at radius 1 is 1.37 bits per heavy atom. The summed E-state index contributed by atoms with van der Waals surface area (Å²) in [5.74, 6) is -0.257. The Morgan fingerprint density at radius 3 is 2.68 bits per heavy atom. The Balaban J connectivity index is 2.44. The van der Waals surface area contributed by atoms with E-state index in [4.69, 9.17) is 12.2 Å². The van der Waals surface area contributed by atoms with Gasteiger partial charge in [0.05, 0.1) is 5.52 Å². The van der Waals surface area contributed by atoms with Gasteiger partial charge in [0.2, 0.25) is 0 Å². The second kappa shape index (κ2) is 5.06. The monoisotopic (exact) mass is 281 g/mol. The number of nitrogens with one attached hydrogen (secondary N) is 1. The molecule has 0 aliphatic rings. The van der Waals surface area contributed by atoms with Crippen molar-refractivity contribution in [2.75, 3.05) is 20.6 Å². The molecule has 0 aliphatic carbocycles. The molecule has 0 unspecified atom stereocenters. The van der Waals surface area contributed by atoms with Crippen LogP contribution in [0.3, 0.4) is 0 Å². The zero-order chi connectivity index (χ0) is 14.2. The molecular weight excluding hydrogens is 261 g/mol. The zero-order valence-corrected chi connectivity index (χ0v) is 12.6. The summed E-state index contributed by atoms with van der Waals surface area (Å²) in [4.78, 5) is 5.11. The Labute approximate surface area is 118 Å². The third kappa shape index (κ3) is 3.04. The highest BCUT2D eigenvalue weighted by atomic mass is 32.1. The molecule has 0 bridgehead atoms. The summed E-state index contributed by atoms with van der Waals surface area (Å²) >= 11 is 5.32. The number of hydrogen-bond acceptors (Lipinski definition) is 2. The molecule has 0 radical (unpaired) electrons. The SMILES string of the molecule is CN(C)CC(C)(C)Cn1c(=S)[nH]c2c(F)cccc21. The third-order valence-electron chi connectivity index (χ3n) is 3.09. The molecule has 1 aromatic heterocycles. The van der Waals surface area contributed by atoms with Crippen LogP contribution in [0, 0.1) is 16.0 Å². The summed E-state index contributed by atoms with van der Waals surface area (Å²) in [5, 5.41) is 0. The van der Waals surface area contributed by atoms with Gasteiger partial charge >= 0.3 is 0 Å². The Morgan fingerprint density at radius 2 is 2.05 bits per heavy atom. The van der Waals surface area contributed by atoms with Crippen molar-refractivity contribution in [1.82, 2.24) is 14.5 Å². The van der Waals surface area contributed by atoms with Crippen molar-refractivity contribution in [3.8, 4) is 0 Å². The number of aromatic nitrogens is 2. The lowest BCUT2D eigenvalue weighted by atomic mass is 9.93. The second-order valence-electron chi connectivity index (χ2n) is 6.05. The molecule has 1 N–H and O–H groups in total. The lowest BCUT2D eigenvalue weighted by molar-refractivity contribution is 0.212. The molecule has 5 heteroatoms. The first-order valence-corrected chi connectivity index (χ1v) is 6.73. The van der Waals surface area contributed by atoms with Crippen LogP contribution in [0.15, 0.2) is 18.2 Å². The number of benzene rings is 1. The van der Waals surface area contributed by atoms with E-state index in [1.807, 2.05) is 10.6 Å². The van der Waals surface area contributed by atoms with Crippen LogP contribution in [0.4, 0.5) is 4.39 Å². The number of fused-ring (bicyclic) bond motifs is 1. The second-order valence-corrected chi connectivity index (χ2v) is 6.44. The minimum atomic E-state index is -0.257. The van der Waals surface area contributed by atoms with E-state index in [1.165, 1.54) is 6.07 Å². The van der Waals surface area contributed by atoms with Gasteiger partial charge in [0.25, 0.3) is 0 Å². The number of halogens is 1. The molecule has 0 fully saturated rings. The molecule has 19 heavy (non-hydrogen) atoms. The molecule has 0 spiro atoms. The van der Waals surface area contributed by atoms with Gasteiger partial charge in [-0.15, -0.1) is 0 Å². The Hall–Kier alpha value is -1.20. The van der Waals surface area contributed by atoms with Crippen molar-refractivity contribution in [2.24, 2.45) is 5.41 Å². The minimum absolute atomic E-state index is 0.0587. The van der Waals surface area contributed by atoms with Crippen LogP contribution in [-0.2, 0) is 6.54 Å². The molecule has 0 atom stereocenters. The molecule has 0 saturated heterocycles. The first-order chi connectivity index (χ1) is 8.80. The molecule has 104 valence electrons. The fourth-order valence-electron chi connectivity index (χ4n) is 2.64. The van der Waals surface area contributed by atoms with Crippen LogP contribution in [0.5, 0.6) is 0 Å². The maximum atomic E-state index is 13.7. The summed E-state index contributed by atoms with van der Waals surface area (Å²) < 4.78 is 16.3. The molecule has 0 saturated carbocycles. The molecule has 3 nitrogen and oxygen atoms in total. The summed E-state index contributed by atoms with van der Waals surface area (Å²) in [7, 11) is 4.10. The van der Waals surface area contributed by atoms with Gasteiger partial charge in [-0.1, -0.05) is 19.9 Å². The van der Waals surface area contributed by atoms with Gasteiger partial charge in [-0.05, 0) is 43.9 Å². The van der Waals surface area contributed by atoms with E-state index in [9.17, 15) is 4.39 Å². The molecule has 0 amide bonds. The van der Waals surface area contributed by atoms with E-state index < -0.39 is 0 Å². The van der Waals surface area contributed by atoms with Crippen LogP contribution in [0.1, 0.15) is 13.8 Å². The summed E-state index contributed by atoms with van der Waals surface area (Å²) in [5.41, 5.74) is 1.38. The van der Waals surface area contributed by atoms with Crippen molar-refractivity contribution < 1.29 is 4.39 Å². The molecular formula is C14H20FN3S. The highest BCUT2D eigenvalue weighted by molar-refractivity contribution is 7.71. The van der Waals surface area contributed by atoms with Crippen molar-refractivity contribution in [3.63, 3.8) is 0 Å². The highest BCUT2D eigenvalue weighted by Gasteiger charge is 2.21. The number of imidazole rings is 1. The van der Waals surface area contributed by atoms with Crippen molar-refractivity contribution in [2.45, 2.75) is 20.4 Å². The summed E-state index contributed by atoms with van der Waals surface area (Å²) in [6, 6.07) is 5.06. The first-order valence-electron chi connectivity index (χ1n) is 6.32. The number of H-pyrrole nitrogens is 1. The standard InChI is InChI=1S/C14H20FN3S/c1-14(2,8-17(3)4)9-18-11-7-5-6-10(15)12(11)16-13(18)19/h5-7H,8-9H2,1-4H3,(H,16,19). The first kappa shape index (κ1) is 14.2. The summed E-state index contributed by atoms with van der Waals surface area (Å²) in [6.45, 7) is 6.07. The van der Waals surface area contributed by atoms with Gasteiger partial charge in [0.1, 0.15) is 11.3 Å². The number of rotatable bonds is 4. The quantitative estimate of drug-likeness (QED) is 0.868. The normalized spacial score (nSPS) is 12.5. The van der Waals surface area contributed by atoms with E-state index in [1.54, 1.807) is 6.07 Å². The van der Waals surface area contributed by atoms with Gasteiger partial charge in [-0.25, -0.2) is 4.39 Å². The largest absolute Gasteiger partial charge is 0.328 e. The average Bonchev–Trinajstić information content (AvgIpc) is 2.56. The molecule has 2 rings (SSSR count). The Bertz CT molecular complexity index is 640. The van der Waals surface area contributed by atoms with Gasteiger partial charge in [0, 0.05) is 13.1 Å². The molecule has 0 aliphatic heterocycles. The number of nitrogens with zero attached hydrogens (tertiary/aromatic N) is 2.